The smallest absolute Gasteiger partial charge is 0.128 e. The Hall–Kier alpha value is -1.86. The van der Waals surface area contributed by atoms with Gasteiger partial charge in [0.1, 0.15) is 11.9 Å². The normalized spacial score (nSPS) is 15.3. The third kappa shape index (κ3) is 7.31. The molecule has 1 aliphatic heterocycles. The van der Waals surface area contributed by atoms with Crippen molar-refractivity contribution in [1.29, 1.82) is 0 Å². The van der Waals surface area contributed by atoms with Crippen LogP contribution in [-0.4, -0.2) is 60.4 Å². The first-order valence-corrected chi connectivity index (χ1v) is 11.5. The second-order valence-electron chi connectivity index (χ2n) is 7.95. The summed E-state index contributed by atoms with van der Waals surface area (Å²) in [5, 5.41) is 12.0. The number of rotatable bonds is 8. The molecule has 1 aliphatic rings. The maximum absolute atomic E-state index is 10.7. The maximum atomic E-state index is 10.7. The minimum Gasteiger partial charge on any atom is -0.389 e. The molecule has 1 N–H and O–H groups in total. The Morgan fingerprint density at radius 2 is 1.42 bits per heavy atom. The Morgan fingerprint density at radius 1 is 0.848 bits per heavy atom. The van der Waals surface area contributed by atoms with Crippen molar-refractivity contribution in [2.75, 3.05) is 44.2 Å². The molecule has 0 bridgehead atoms. The summed E-state index contributed by atoms with van der Waals surface area (Å²) in [5.41, 5.74) is 1.96. The van der Waals surface area contributed by atoms with E-state index in [-0.39, 0.29) is 25.1 Å². The molecule has 0 aliphatic carbocycles. The van der Waals surface area contributed by atoms with E-state index in [0.717, 1.165) is 43.1 Å². The first kappa shape index (κ1) is 25.8. The average Bonchev–Trinajstić information content (AvgIpc) is 2.82. The van der Waals surface area contributed by atoms with Crippen LogP contribution in [-0.2, 0) is 4.74 Å². The lowest BCUT2D eigenvalue weighted by atomic mass is 10.0. The summed E-state index contributed by atoms with van der Waals surface area (Å²) in [5.74, 6) is 1.00. The van der Waals surface area contributed by atoms with E-state index >= 15 is 0 Å². The van der Waals surface area contributed by atoms with Crippen molar-refractivity contribution in [3.63, 3.8) is 0 Å². The topological polar surface area (TPSA) is 48.8 Å². The molecule has 4 rings (SSSR count). The minimum absolute atomic E-state index is 0. The Kier molecular flexibility index (Phi) is 9.80. The quantitative estimate of drug-likeness (QED) is 0.459. The van der Waals surface area contributed by atoms with Crippen LogP contribution in [0.5, 0.6) is 0 Å². The van der Waals surface area contributed by atoms with Gasteiger partial charge in [0.15, 0.2) is 0 Å². The van der Waals surface area contributed by atoms with Gasteiger partial charge < -0.3 is 14.7 Å². The van der Waals surface area contributed by atoms with Gasteiger partial charge in [-0.1, -0.05) is 53.5 Å². The largest absolute Gasteiger partial charge is 0.389 e. The number of aliphatic hydroxyl groups excluding tert-OH is 1. The molecule has 0 radical (unpaired) electrons. The molecule has 0 spiro atoms. The van der Waals surface area contributed by atoms with Crippen LogP contribution in [0.2, 0.25) is 10.0 Å². The summed E-state index contributed by atoms with van der Waals surface area (Å²) < 4.78 is 6.20. The monoisotopic (exact) mass is 507 g/mol. The van der Waals surface area contributed by atoms with E-state index in [2.05, 4.69) is 14.8 Å². The Labute approximate surface area is 211 Å². The number of pyridine rings is 1. The summed E-state index contributed by atoms with van der Waals surface area (Å²) in [4.78, 5) is 8.97. The molecule has 0 saturated carbocycles. The number of β-amino-alcohol motifs (C(OH)–C–C–N with tert-alkyl or cyclic N) is 1. The number of aromatic nitrogens is 1. The minimum atomic E-state index is -0.585. The number of halogens is 3. The zero-order valence-corrected chi connectivity index (χ0v) is 20.5. The number of anilines is 1. The van der Waals surface area contributed by atoms with E-state index in [1.54, 1.807) is 0 Å². The van der Waals surface area contributed by atoms with Gasteiger partial charge in [-0.2, -0.15) is 0 Å². The molecular weight excluding hydrogens is 481 g/mol. The standard InChI is InChI=1S/C25H27Cl2N3O2.ClH/c26-21-8-4-19(5-9-21)25(20-6-10-22(27)11-7-20)32-18-23(31)17-29-13-15-30(16-14-29)24-3-1-2-12-28-24;/h1-12,23,25,31H,13-18H2;1H. The zero-order valence-electron chi connectivity index (χ0n) is 18.2. The number of nitrogens with zero attached hydrogens (tertiary/aromatic N) is 3. The summed E-state index contributed by atoms with van der Waals surface area (Å²) >= 11 is 12.1. The molecule has 0 amide bonds. The van der Waals surface area contributed by atoms with Crippen LogP contribution >= 0.6 is 35.6 Å². The van der Waals surface area contributed by atoms with Gasteiger partial charge in [0.25, 0.3) is 0 Å². The highest BCUT2D eigenvalue weighted by Gasteiger charge is 2.22. The van der Waals surface area contributed by atoms with E-state index < -0.39 is 6.10 Å². The predicted molar refractivity (Wildman–Crippen MR) is 137 cm³/mol. The Balaban J connectivity index is 0.00000306. The molecule has 1 aromatic heterocycles. The molecule has 2 heterocycles. The number of aliphatic hydroxyl groups is 1. The van der Waals surface area contributed by atoms with Gasteiger partial charge in [0.05, 0.1) is 12.7 Å². The van der Waals surface area contributed by atoms with Crippen LogP contribution in [0.3, 0.4) is 0 Å². The number of benzene rings is 2. The third-order valence-corrected chi connectivity index (χ3v) is 6.12. The molecule has 33 heavy (non-hydrogen) atoms. The fraction of sp³-hybridized carbons (Fsp3) is 0.320. The van der Waals surface area contributed by atoms with Gasteiger partial charge >= 0.3 is 0 Å². The van der Waals surface area contributed by atoms with Gasteiger partial charge in [0.2, 0.25) is 0 Å². The Bertz CT molecular complexity index is 921. The number of ether oxygens (including phenoxy) is 1. The van der Waals surface area contributed by atoms with Crippen LogP contribution in [0, 0.1) is 0 Å². The van der Waals surface area contributed by atoms with Crippen molar-refractivity contribution >= 4 is 41.4 Å². The van der Waals surface area contributed by atoms with Crippen molar-refractivity contribution in [3.8, 4) is 0 Å². The van der Waals surface area contributed by atoms with Crippen molar-refractivity contribution in [3.05, 3.63) is 94.1 Å². The SMILES string of the molecule is Cl.OC(COC(c1ccc(Cl)cc1)c1ccc(Cl)cc1)CN1CCN(c2ccccn2)CC1. The lowest BCUT2D eigenvalue weighted by Crippen LogP contribution is -2.49. The number of hydrogen-bond donors (Lipinski definition) is 1. The number of hydrogen-bond acceptors (Lipinski definition) is 5. The van der Waals surface area contributed by atoms with Crippen molar-refractivity contribution in [1.82, 2.24) is 9.88 Å². The van der Waals surface area contributed by atoms with Crippen molar-refractivity contribution < 1.29 is 9.84 Å². The fourth-order valence-corrected chi connectivity index (χ4v) is 4.17. The van der Waals surface area contributed by atoms with Crippen LogP contribution in [0.1, 0.15) is 17.2 Å². The average molecular weight is 509 g/mol. The highest BCUT2D eigenvalue weighted by atomic mass is 35.5. The maximum Gasteiger partial charge on any atom is 0.128 e. The second-order valence-corrected chi connectivity index (χ2v) is 8.82. The van der Waals surface area contributed by atoms with Crippen molar-refractivity contribution in [2.24, 2.45) is 0 Å². The molecule has 176 valence electrons. The van der Waals surface area contributed by atoms with Crippen LogP contribution in [0.25, 0.3) is 0 Å². The van der Waals surface area contributed by atoms with Crippen molar-refractivity contribution in [2.45, 2.75) is 12.2 Å². The highest BCUT2D eigenvalue weighted by molar-refractivity contribution is 6.30. The summed E-state index contributed by atoms with van der Waals surface area (Å²) in [6.45, 7) is 4.35. The van der Waals surface area contributed by atoms with Gasteiger partial charge in [0, 0.05) is 49.0 Å². The summed E-state index contributed by atoms with van der Waals surface area (Å²) in [6, 6.07) is 21.2. The van der Waals surface area contributed by atoms with E-state index in [1.807, 2.05) is 72.9 Å². The fourth-order valence-electron chi connectivity index (χ4n) is 3.92. The van der Waals surface area contributed by atoms with Gasteiger partial charge in [-0.3, -0.25) is 4.90 Å². The van der Waals surface area contributed by atoms with Crippen LogP contribution < -0.4 is 4.90 Å². The molecule has 5 nitrogen and oxygen atoms in total. The van der Waals surface area contributed by atoms with Crippen LogP contribution in [0.4, 0.5) is 5.82 Å². The van der Waals surface area contributed by atoms with E-state index in [0.29, 0.717) is 16.6 Å². The lowest BCUT2D eigenvalue weighted by molar-refractivity contribution is -0.00894. The molecule has 1 unspecified atom stereocenters. The van der Waals surface area contributed by atoms with E-state index in [9.17, 15) is 5.11 Å². The van der Waals surface area contributed by atoms with Gasteiger partial charge in [-0.25, -0.2) is 4.98 Å². The molecular formula is C25H28Cl3N3O2. The van der Waals surface area contributed by atoms with E-state index in [4.69, 9.17) is 27.9 Å². The molecule has 1 fully saturated rings. The first-order chi connectivity index (χ1) is 15.6. The number of piperazine rings is 1. The predicted octanol–water partition coefficient (Wildman–Crippen LogP) is 5.10. The zero-order chi connectivity index (χ0) is 22.3. The summed E-state index contributed by atoms with van der Waals surface area (Å²) in [6.07, 6.45) is 0.930. The van der Waals surface area contributed by atoms with Crippen LogP contribution in [0.15, 0.2) is 72.9 Å². The molecule has 1 saturated heterocycles. The lowest BCUT2D eigenvalue weighted by Gasteiger charge is -2.36. The molecule has 8 heteroatoms. The second kappa shape index (κ2) is 12.6. The van der Waals surface area contributed by atoms with Gasteiger partial charge in [-0.15, -0.1) is 12.4 Å². The van der Waals surface area contributed by atoms with Gasteiger partial charge in [-0.05, 0) is 47.5 Å². The molecule has 1 atom stereocenters. The van der Waals surface area contributed by atoms with E-state index in [1.165, 1.54) is 0 Å². The highest BCUT2D eigenvalue weighted by Crippen LogP contribution is 2.28. The Morgan fingerprint density at radius 3 is 1.94 bits per heavy atom. The third-order valence-electron chi connectivity index (χ3n) is 5.62. The first-order valence-electron chi connectivity index (χ1n) is 10.8. The molecule has 2 aromatic carbocycles. The molecule has 3 aromatic rings. The summed E-state index contributed by atoms with van der Waals surface area (Å²) in [7, 11) is 0.